The van der Waals surface area contributed by atoms with Crippen molar-refractivity contribution < 1.29 is 33.4 Å². The first kappa shape index (κ1) is 27.0. The van der Waals surface area contributed by atoms with Gasteiger partial charge >= 0.3 is 5.97 Å². The third-order valence-corrected chi connectivity index (χ3v) is 7.27. The summed E-state index contributed by atoms with van der Waals surface area (Å²) in [5, 5.41) is 1.60. The lowest BCUT2D eigenvalue weighted by atomic mass is 9.90. The summed E-state index contributed by atoms with van der Waals surface area (Å²) in [6, 6.07) is 29.2. The van der Waals surface area contributed by atoms with Gasteiger partial charge in [-0.1, -0.05) is 54.6 Å². The van der Waals surface area contributed by atoms with Crippen LogP contribution in [-0.2, 0) is 14.4 Å². The lowest BCUT2D eigenvalue weighted by molar-refractivity contribution is -0.126. The molecule has 9 heteroatoms. The van der Waals surface area contributed by atoms with E-state index in [0.717, 1.165) is 4.90 Å². The molecule has 6 rings (SSSR count). The molecule has 0 radical (unpaired) electrons. The molecule has 2 saturated heterocycles. The van der Waals surface area contributed by atoms with Gasteiger partial charge < -0.3 is 14.2 Å². The van der Waals surface area contributed by atoms with Crippen LogP contribution in [0.2, 0.25) is 0 Å². The van der Waals surface area contributed by atoms with E-state index in [2.05, 4.69) is 0 Å². The summed E-state index contributed by atoms with van der Waals surface area (Å²) < 4.78 is 17.0. The number of para-hydroxylation sites is 3. The van der Waals surface area contributed by atoms with Crippen LogP contribution in [0.25, 0.3) is 0 Å². The number of carbonyl (C=O) groups excluding carboxylic acids is 3. The van der Waals surface area contributed by atoms with E-state index >= 15 is 0 Å². The summed E-state index contributed by atoms with van der Waals surface area (Å²) in [5.74, 6) is -1.32. The van der Waals surface area contributed by atoms with Crippen LogP contribution in [0.3, 0.4) is 0 Å². The number of fused-ring (bicyclic) bond motifs is 1. The second-order valence-corrected chi connectivity index (χ2v) is 9.74. The van der Waals surface area contributed by atoms with E-state index in [1.54, 1.807) is 71.8 Å². The van der Waals surface area contributed by atoms with E-state index in [9.17, 15) is 14.4 Å². The van der Waals surface area contributed by atoms with Crippen LogP contribution in [0, 0.1) is 5.92 Å². The molecule has 9 nitrogen and oxygen atoms in total. The normalized spacial score (nSPS) is 19.5. The molecule has 0 unspecified atom stereocenters. The van der Waals surface area contributed by atoms with Crippen molar-refractivity contribution in [1.29, 1.82) is 0 Å². The second-order valence-electron chi connectivity index (χ2n) is 9.74. The molecule has 0 bridgehead atoms. The van der Waals surface area contributed by atoms with Gasteiger partial charge in [0.05, 0.1) is 36.7 Å². The minimum Gasteiger partial charge on any atom is -0.493 e. The zero-order valence-corrected chi connectivity index (χ0v) is 23.0. The van der Waals surface area contributed by atoms with Crippen molar-refractivity contribution in [1.82, 2.24) is 0 Å². The predicted octanol–water partition coefficient (Wildman–Crippen LogP) is 5.36. The molecule has 0 aliphatic carbocycles. The number of benzene rings is 4. The number of hydrogen-bond donors (Lipinski definition) is 0. The molecule has 2 aliphatic rings. The molecule has 2 fully saturated rings. The molecule has 0 saturated carbocycles. The molecule has 2 amide bonds. The Hall–Kier alpha value is -5.15. The van der Waals surface area contributed by atoms with E-state index in [0.29, 0.717) is 40.6 Å². The minimum atomic E-state index is -1.06. The summed E-state index contributed by atoms with van der Waals surface area (Å²) >= 11 is 0. The van der Waals surface area contributed by atoms with Crippen LogP contribution in [0.1, 0.15) is 28.9 Å². The first-order valence-corrected chi connectivity index (χ1v) is 13.6. The number of nitrogens with zero attached hydrogens (tertiary/aromatic N) is 2. The van der Waals surface area contributed by atoms with Gasteiger partial charge in [0.2, 0.25) is 5.91 Å². The van der Waals surface area contributed by atoms with Crippen molar-refractivity contribution in [3.63, 3.8) is 0 Å². The van der Waals surface area contributed by atoms with Gasteiger partial charge in [-0.25, -0.2) is 14.8 Å². The highest BCUT2D eigenvalue weighted by Crippen LogP contribution is 2.49. The molecule has 0 spiro atoms. The van der Waals surface area contributed by atoms with Crippen LogP contribution < -0.4 is 24.2 Å². The van der Waals surface area contributed by atoms with E-state index in [4.69, 9.17) is 19.0 Å². The van der Waals surface area contributed by atoms with Crippen LogP contribution in [0.4, 0.5) is 11.4 Å². The monoisotopic (exact) mass is 564 g/mol. The highest BCUT2D eigenvalue weighted by molar-refractivity contribution is 6.24. The number of rotatable bonds is 8. The maximum absolute atomic E-state index is 14.1. The summed E-state index contributed by atoms with van der Waals surface area (Å²) in [6.45, 7) is 2.21. The first-order chi connectivity index (χ1) is 20.5. The lowest BCUT2D eigenvalue weighted by Crippen LogP contribution is -2.37. The van der Waals surface area contributed by atoms with Crippen molar-refractivity contribution >= 4 is 29.2 Å². The van der Waals surface area contributed by atoms with Gasteiger partial charge in [0.15, 0.2) is 17.6 Å². The number of carbonyl (C=O) groups is 3. The zero-order chi connectivity index (χ0) is 29.2. The number of anilines is 2. The predicted molar refractivity (Wildman–Crippen MR) is 155 cm³/mol. The highest BCUT2D eigenvalue weighted by atomic mass is 16.7. The van der Waals surface area contributed by atoms with Gasteiger partial charge in [-0.3, -0.25) is 14.4 Å². The van der Waals surface area contributed by atoms with Crippen LogP contribution in [0.15, 0.2) is 103 Å². The van der Waals surface area contributed by atoms with Crippen LogP contribution in [-0.4, -0.2) is 37.6 Å². The molecule has 0 N–H and O–H groups in total. The summed E-state index contributed by atoms with van der Waals surface area (Å²) in [7, 11) is 1.47. The number of hydrogen-bond acceptors (Lipinski definition) is 8. The summed E-state index contributed by atoms with van der Waals surface area (Å²) in [5.41, 5.74) is 2.09. The number of methoxy groups -OCH3 is 1. The Morgan fingerprint density at radius 3 is 2.21 bits per heavy atom. The molecule has 2 aliphatic heterocycles. The molecule has 3 atom stereocenters. The number of hydroxylamine groups is 1. The van der Waals surface area contributed by atoms with E-state index < -0.39 is 35.8 Å². The van der Waals surface area contributed by atoms with Gasteiger partial charge in [-0.2, -0.15) is 0 Å². The Kier molecular flexibility index (Phi) is 7.33. The fourth-order valence-electron chi connectivity index (χ4n) is 5.39. The van der Waals surface area contributed by atoms with E-state index in [1.165, 1.54) is 7.11 Å². The molecule has 4 aromatic carbocycles. The molecule has 4 aromatic rings. The molecular formula is C33H28N2O7. The van der Waals surface area contributed by atoms with Crippen molar-refractivity contribution in [3.05, 3.63) is 114 Å². The SMILES string of the molecule is CCOc1ccccc1N1C(=O)[C@H]2[C@H](ON(c3ccccc3)[C@H]2c2ccc(OC(=O)c3ccccc3)c(OC)c2)C1=O. The van der Waals surface area contributed by atoms with Gasteiger partial charge in [-0.15, -0.1) is 0 Å². The molecule has 42 heavy (non-hydrogen) atoms. The zero-order valence-electron chi connectivity index (χ0n) is 23.0. The Morgan fingerprint density at radius 2 is 1.50 bits per heavy atom. The topological polar surface area (TPSA) is 94.6 Å². The van der Waals surface area contributed by atoms with Crippen molar-refractivity contribution in [2.24, 2.45) is 5.92 Å². The Bertz CT molecular complexity index is 1630. The Morgan fingerprint density at radius 1 is 0.810 bits per heavy atom. The first-order valence-electron chi connectivity index (χ1n) is 13.6. The van der Waals surface area contributed by atoms with Crippen LogP contribution >= 0.6 is 0 Å². The number of esters is 1. The summed E-state index contributed by atoms with van der Waals surface area (Å²) in [6.07, 6.45) is -1.06. The third-order valence-electron chi connectivity index (χ3n) is 7.27. The van der Waals surface area contributed by atoms with Gasteiger partial charge in [0.1, 0.15) is 11.7 Å². The van der Waals surface area contributed by atoms with Crippen molar-refractivity contribution in [2.75, 3.05) is 23.7 Å². The van der Waals surface area contributed by atoms with Gasteiger partial charge in [-0.05, 0) is 61.0 Å². The average molecular weight is 565 g/mol. The molecule has 212 valence electrons. The fraction of sp³-hybridized carbons (Fsp3) is 0.182. The average Bonchev–Trinajstić information content (AvgIpc) is 3.54. The number of imide groups is 1. The molecule has 2 heterocycles. The summed E-state index contributed by atoms with van der Waals surface area (Å²) in [4.78, 5) is 48.0. The molecule has 0 aromatic heterocycles. The quantitative estimate of drug-likeness (QED) is 0.160. The fourth-order valence-corrected chi connectivity index (χ4v) is 5.39. The standard InChI is InChI=1S/C33H28N2O7/c1-3-40-25-17-11-10-16-24(25)34-31(36)28-29(35(42-30(28)32(34)37)23-14-8-5-9-15-23)22-18-19-26(27(20-22)39-2)41-33(38)21-12-6-4-7-13-21/h4-20,28-30H,3H2,1-2H3/t28-,29+,30+/m1/s1. The minimum absolute atomic E-state index is 0.220. The lowest BCUT2D eigenvalue weighted by Gasteiger charge is -2.29. The second kappa shape index (κ2) is 11.4. The smallest absolute Gasteiger partial charge is 0.343 e. The number of amides is 2. The van der Waals surface area contributed by atoms with Crippen LogP contribution in [0.5, 0.6) is 17.2 Å². The van der Waals surface area contributed by atoms with Gasteiger partial charge in [0, 0.05) is 0 Å². The van der Waals surface area contributed by atoms with E-state index in [-0.39, 0.29) is 5.75 Å². The van der Waals surface area contributed by atoms with Crippen molar-refractivity contribution in [3.8, 4) is 17.2 Å². The van der Waals surface area contributed by atoms with Gasteiger partial charge in [0.25, 0.3) is 5.91 Å². The third kappa shape index (κ3) is 4.73. The maximum Gasteiger partial charge on any atom is 0.343 e. The Balaban J connectivity index is 1.38. The van der Waals surface area contributed by atoms with E-state index in [1.807, 2.05) is 43.3 Å². The van der Waals surface area contributed by atoms with Crippen molar-refractivity contribution in [2.45, 2.75) is 19.1 Å². The molecular weight excluding hydrogens is 536 g/mol. The maximum atomic E-state index is 14.1. The Labute approximate surface area is 242 Å². The number of ether oxygens (including phenoxy) is 3. The highest BCUT2D eigenvalue weighted by Gasteiger charge is 2.60. The largest absolute Gasteiger partial charge is 0.493 e.